The smallest absolute Gasteiger partial charge is 0.462 e. The summed E-state index contributed by atoms with van der Waals surface area (Å²) in [5.74, 6) is -1.08. The third kappa shape index (κ3) is 32.4. The summed E-state index contributed by atoms with van der Waals surface area (Å²) in [6, 6.07) is 0. The molecule has 0 spiro atoms. The van der Waals surface area contributed by atoms with Crippen molar-refractivity contribution >= 4 is 19.8 Å². The summed E-state index contributed by atoms with van der Waals surface area (Å²) in [5.41, 5.74) is 5.31. The number of rotatable bonds is 34. The average molecular weight is 674 g/mol. The molecule has 0 fully saturated rings. The van der Waals surface area contributed by atoms with Gasteiger partial charge in [-0.05, 0) is 19.3 Å². The molecule has 0 saturated carbocycles. The summed E-state index contributed by atoms with van der Waals surface area (Å²) in [5, 5.41) is 0. The predicted molar refractivity (Wildman–Crippen MR) is 187 cm³/mol. The molecule has 0 radical (unpaired) electrons. The van der Waals surface area contributed by atoms with E-state index in [2.05, 4.69) is 13.8 Å². The van der Waals surface area contributed by atoms with E-state index in [-0.39, 0.29) is 26.2 Å². The van der Waals surface area contributed by atoms with Crippen LogP contribution in [-0.4, -0.2) is 49.3 Å². The number of allylic oxidation sites excluding steroid dienone is 3. The van der Waals surface area contributed by atoms with Crippen molar-refractivity contribution in [1.29, 1.82) is 0 Å². The highest BCUT2D eigenvalue weighted by Gasteiger charge is 2.25. The van der Waals surface area contributed by atoms with Gasteiger partial charge in [0.1, 0.15) is 6.61 Å². The van der Waals surface area contributed by atoms with Crippen molar-refractivity contribution in [3.05, 3.63) is 24.3 Å². The largest absolute Gasteiger partial charge is 0.472 e. The first-order chi connectivity index (χ1) is 22.3. The summed E-state index contributed by atoms with van der Waals surface area (Å²) >= 11 is 0. The molecule has 3 N–H and O–H groups in total. The van der Waals surface area contributed by atoms with Gasteiger partial charge in [0, 0.05) is 19.0 Å². The summed E-state index contributed by atoms with van der Waals surface area (Å²) < 4.78 is 32.4. The van der Waals surface area contributed by atoms with Crippen LogP contribution in [0.15, 0.2) is 24.3 Å². The van der Waals surface area contributed by atoms with Gasteiger partial charge in [-0.25, -0.2) is 9.36 Å². The quantitative estimate of drug-likeness (QED) is 0.0225. The SMILES string of the molecule is CCCCCCCCCCCCC/C=C/C=C/C(=O)O[C@H](COC(=O)CCCCCCCCCCCC)COP(=O)(O)OCCN. The monoisotopic (exact) mass is 673 g/mol. The van der Waals surface area contributed by atoms with Crippen LogP contribution in [0.4, 0.5) is 0 Å². The second-order valence-electron chi connectivity index (χ2n) is 12.2. The lowest BCUT2D eigenvalue weighted by Crippen LogP contribution is -2.29. The lowest BCUT2D eigenvalue weighted by molar-refractivity contribution is -0.157. The second-order valence-corrected chi connectivity index (χ2v) is 13.6. The van der Waals surface area contributed by atoms with E-state index in [0.29, 0.717) is 0 Å². The molecule has 0 aromatic carbocycles. The van der Waals surface area contributed by atoms with E-state index in [4.69, 9.17) is 24.3 Å². The van der Waals surface area contributed by atoms with Crippen molar-refractivity contribution in [1.82, 2.24) is 0 Å². The highest BCUT2D eigenvalue weighted by Crippen LogP contribution is 2.43. The number of nitrogens with two attached hydrogens (primary N) is 1. The van der Waals surface area contributed by atoms with Crippen LogP contribution in [0.5, 0.6) is 0 Å². The standard InChI is InChI=1S/C36H68NO8P/c1-3-5-7-9-11-13-15-16-17-18-19-21-23-25-27-29-36(39)45-34(33-44-46(40,41)43-31-30-37)32-42-35(38)28-26-24-22-20-14-12-10-8-6-4-2/h23,25,27,29,34H,3-22,24,26,28,30-33,37H2,1-2H3,(H,40,41)/b25-23+,29-27+/t34-/m1/s1. The maximum Gasteiger partial charge on any atom is 0.472 e. The van der Waals surface area contributed by atoms with Gasteiger partial charge in [0.2, 0.25) is 0 Å². The predicted octanol–water partition coefficient (Wildman–Crippen LogP) is 9.66. The van der Waals surface area contributed by atoms with Crippen molar-refractivity contribution in [2.24, 2.45) is 5.73 Å². The Morgan fingerprint density at radius 3 is 1.72 bits per heavy atom. The van der Waals surface area contributed by atoms with E-state index >= 15 is 0 Å². The fourth-order valence-corrected chi connectivity index (χ4v) is 5.72. The Bertz CT molecular complexity index is 820. The molecule has 0 saturated heterocycles. The molecular weight excluding hydrogens is 605 g/mol. The molecule has 0 aliphatic carbocycles. The molecule has 0 aromatic rings. The van der Waals surface area contributed by atoms with Crippen LogP contribution in [0.2, 0.25) is 0 Å². The first-order valence-corrected chi connectivity index (χ1v) is 19.9. The Hall–Kier alpha value is -1.51. The molecule has 0 amide bonds. The maximum atomic E-state index is 12.4. The van der Waals surface area contributed by atoms with Crippen molar-refractivity contribution in [3.8, 4) is 0 Å². The van der Waals surface area contributed by atoms with Crippen LogP contribution in [0, 0.1) is 0 Å². The van der Waals surface area contributed by atoms with Gasteiger partial charge in [0.25, 0.3) is 0 Å². The van der Waals surface area contributed by atoms with Crippen molar-refractivity contribution in [3.63, 3.8) is 0 Å². The molecule has 2 atom stereocenters. The Morgan fingerprint density at radius 1 is 0.696 bits per heavy atom. The number of unbranched alkanes of at least 4 members (excludes halogenated alkanes) is 20. The lowest BCUT2D eigenvalue weighted by atomic mass is 10.1. The summed E-state index contributed by atoms with van der Waals surface area (Å²) in [7, 11) is -4.39. The Labute approximate surface area is 281 Å². The topological polar surface area (TPSA) is 134 Å². The van der Waals surface area contributed by atoms with Gasteiger partial charge in [-0.2, -0.15) is 0 Å². The van der Waals surface area contributed by atoms with Crippen LogP contribution in [0.3, 0.4) is 0 Å². The van der Waals surface area contributed by atoms with Crippen LogP contribution < -0.4 is 5.73 Å². The van der Waals surface area contributed by atoms with Gasteiger partial charge in [-0.1, -0.05) is 154 Å². The molecule has 270 valence electrons. The van der Waals surface area contributed by atoms with E-state index in [1.807, 2.05) is 6.08 Å². The number of phosphoric ester groups is 1. The number of phosphoric acid groups is 1. The Kier molecular flexibility index (Phi) is 32.3. The van der Waals surface area contributed by atoms with E-state index in [1.54, 1.807) is 12.2 Å². The maximum absolute atomic E-state index is 12.4. The summed E-state index contributed by atoms with van der Waals surface area (Å²) in [6.07, 6.45) is 32.7. The minimum atomic E-state index is -4.39. The Morgan fingerprint density at radius 2 is 1.20 bits per heavy atom. The zero-order chi connectivity index (χ0) is 34.0. The normalized spacial score (nSPS) is 13.7. The number of hydrogen-bond acceptors (Lipinski definition) is 8. The first-order valence-electron chi connectivity index (χ1n) is 18.4. The molecule has 9 nitrogen and oxygen atoms in total. The molecule has 0 rings (SSSR count). The van der Waals surface area contributed by atoms with Crippen LogP contribution in [0.25, 0.3) is 0 Å². The second kappa shape index (κ2) is 33.4. The zero-order valence-electron chi connectivity index (χ0n) is 29.3. The number of ether oxygens (including phenoxy) is 2. The van der Waals surface area contributed by atoms with E-state index in [9.17, 15) is 19.0 Å². The van der Waals surface area contributed by atoms with Gasteiger partial charge in [-0.3, -0.25) is 13.8 Å². The molecular formula is C36H68NO8P. The highest BCUT2D eigenvalue weighted by molar-refractivity contribution is 7.47. The van der Waals surface area contributed by atoms with E-state index < -0.39 is 32.5 Å². The summed E-state index contributed by atoms with van der Waals surface area (Å²) in [4.78, 5) is 34.5. The van der Waals surface area contributed by atoms with Gasteiger partial charge in [0.05, 0.1) is 13.2 Å². The first kappa shape index (κ1) is 44.5. The average Bonchev–Trinajstić information content (AvgIpc) is 3.04. The van der Waals surface area contributed by atoms with E-state index in [1.165, 1.54) is 115 Å². The third-order valence-electron chi connectivity index (χ3n) is 7.70. The van der Waals surface area contributed by atoms with Gasteiger partial charge >= 0.3 is 19.8 Å². The zero-order valence-corrected chi connectivity index (χ0v) is 30.2. The van der Waals surface area contributed by atoms with Gasteiger partial charge in [0.15, 0.2) is 6.10 Å². The van der Waals surface area contributed by atoms with Crippen molar-refractivity contribution in [2.45, 2.75) is 168 Å². The minimum Gasteiger partial charge on any atom is -0.462 e. The van der Waals surface area contributed by atoms with Crippen molar-refractivity contribution < 1.29 is 37.6 Å². The number of carbonyl (C=O) groups is 2. The number of carbonyl (C=O) groups excluding carboxylic acids is 2. The molecule has 10 heteroatoms. The van der Waals surface area contributed by atoms with Crippen LogP contribution in [0.1, 0.15) is 162 Å². The van der Waals surface area contributed by atoms with Crippen molar-refractivity contribution in [2.75, 3.05) is 26.4 Å². The van der Waals surface area contributed by atoms with E-state index in [0.717, 1.165) is 32.1 Å². The summed E-state index contributed by atoms with van der Waals surface area (Å²) in [6.45, 7) is 3.58. The highest BCUT2D eigenvalue weighted by atomic mass is 31.2. The molecule has 0 aliphatic rings. The fraction of sp³-hybridized carbons (Fsp3) is 0.833. The number of esters is 2. The van der Waals surface area contributed by atoms with Gasteiger partial charge < -0.3 is 20.1 Å². The Balaban J connectivity index is 4.35. The lowest BCUT2D eigenvalue weighted by Gasteiger charge is -2.19. The molecule has 1 unspecified atom stereocenters. The third-order valence-corrected chi connectivity index (χ3v) is 8.68. The minimum absolute atomic E-state index is 0.0421. The molecule has 0 heterocycles. The molecule has 0 aromatic heterocycles. The molecule has 0 aliphatic heterocycles. The number of hydrogen-bond donors (Lipinski definition) is 2. The molecule has 46 heavy (non-hydrogen) atoms. The van der Waals surface area contributed by atoms with Gasteiger partial charge in [-0.15, -0.1) is 0 Å². The molecule has 0 bridgehead atoms. The van der Waals surface area contributed by atoms with Crippen LogP contribution >= 0.6 is 7.82 Å². The van der Waals surface area contributed by atoms with Crippen LogP contribution in [-0.2, 0) is 32.7 Å². The fourth-order valence-electron chi connectivity index (χ4n) is 4.95.